The second-order valence-corrected chi connectivity index (χ2v) is 17.9. The van der Waals surface area contributed by atoms with Gasteiger partial charge in [0, 0.05) is 5.57 Å². The van der Waals surface area contributed by atoms with Gasteiger partial charge in [-0.05, 0) is 53.6 Å². The topological polar surface area (TPSA) is 52.6 Å². The minimum absolute atomic E-state index is 0.0591. The lowest BCUT2D eigenvalue weighted by Gasteiger charge is -2.61. The van der Waals surface area contributed by atoms with Gasteiger partial charge in [-0.3, -0.25) is 9.59 Å². The summed E-state index contributed by atoms with van der Waals surface area (Å²) in [7, 11) is -0.734. The Labute approximate surface area is 221 Å². The standard InChI is InChI=1S/C31H50O4Si/c1-13-16-24-19-30(18-15-3)26(32)25(17-14-2)27(34-12)31(28(30)33,29(24,10)11)20-35-36(21(4)5,22(6)7)23(8)9/h13-15,21-24H,1-3,16-20H2,4-12H3/t24-,30+,31-/m0/s1. The maximum absolute atomic E-state index is 14.9. The molecule has 0 amide bonds. The molecule has 4 nitrogen and oxygen atoms in total. The summed E-state index contributed by atoms with van der Waals surface area (Å²) in [5, 5.41) is 0. The molecule has 0 radical (unpaired) electrons. The Balaban J connectivity index is 2.97. The molecule has 0 aromatic heterocycles. The van der Waals surface area contributed by atoms with Crippen LogP contribution in [0.5, 0.6) is 0 Å². The van der Waals surface area contributed by atoms with Gasteiger partial charge in [-0.25, -0.2) is 0 Å². The van der Waals surface area contributed by atoms with E-state index in [1.54, 1.807) is 19.3 Å². The summed E-state index contributed by atoms with van der Waals surface area (Å²) in [5.41, 5.74) is -1.10. The van der Waals surface area contributed by atoms with Crippen LogP contribution in [0.3, 0.4) is 0 Å². The normalized spacial score (nSPS) is 28.2. The molecule has 0 heterocycles. The molecule has 36 heavy (non-hydrogen) atoms. The Morgan fingerprint density at radius 3 is 1.94 bits per heavy atom. The Hall–Kier alpha value is -1.72. The number of rotatable bonds is 13. The number of Topliss-reactive ketones (excluding diaryl/α,β-unsaturated/α-hetero) is 2. The monoisotopic (exact) mass is 514 g/mol. The predicted molar refractivity (Wildman–Crippen MR) is 152 cm³/mol. The fourth-order valence-corrected chi connectivity index (χ4v) is 13.3. The third kappa shape index (κ3) is 4.15. The third-order valence-corrected chi connectivity index (χ3v) is 15.7. The minimum atomic E-state index is -2.32. The van der Waals surface area contributed by atoms with Crippen LogP contribution in [0.1, 0.15) is 81.1 Å². The summed E-state index contributed by atoms with van der Waals surface area (Å²) in [6, 6.07) is 0. The molecule has 0 N–H and O–H groups in total. The first kappa shape index (κ1) is 30.5. The van der Waals surface area contributed by atoms with Crippen molar-refractivity contribution in [1.82, 2.24) is 0 Å². The SMILES string of the molecule is C=CCC1=C(OC)[C@@]2(CO[Si](C(C)C)(C(C)C)C(C)C)C(=O)[C@](CC=C)(C[C@H](CC=C)C2(C)C)C1=O. The van der Waals surface area contributed by atoms with Gasteiger partial charge < -0.3 is 9.16 Å². The molecule has 0 saturated heterocycles. The largest absolute Gasteiger partial charge is 0.499 e. The highest BCUT2D eigenvalue weighted by Crippen LogP contribution is 2.66. The average molecular weight is 515 g/mol. The summed E-state index contributed by atoms with van der Waals surface area (Å²) in [4.78, 5) is 29.0. The van der Waals surface area contributed by atoms with E-state index in [2.05, 4.69) is 75.1 Å². The van der Waals surface area contributed by atoms with Crippen LogP contribution in [-0.4, -0.2) is 33.6 Å². The number of ketones is 2. The zero-order valence-electron chi connectivity index (χ0n) is 24.3. The van der Waals surface area contributed by atoms with Crippen molar-refractivity contribution in [2.75, 3.05) is 13.7 Å². The van der Waals surface area contributed by atoms with Gasteiger partial charge in [0.1, 0.15) is 11.2 Å². The van der Waals surface area contributed by atoms with Crippen molar-refractivity contribution < 1.29 is 18.8 Å². The Morgan fingerprint density at radius 2 is 1.53 bits per heavy atom. The van der Waals surface area contributed by atoms with Crippen molar-refractivity contribution in [2.45, 2.75) is 97.7 Å². The number of methoxy groups -OCH3 is 1. The number of carbonyl (C=O) groups is 2. The molecule has 0 unspecified atom stereocenters. The van der Waals surface area contributed by atoms with E-state index in [0.717, 1.165) is 0 Å². The molecule has 2 bridgehead atoms. The minimum Gasteiger partial charge on any atom is -0.499 e. The Morgan fingerprint density at radius 1 is 0.972 bits per heavy atom. The van der Waals surface area contributed by atoms with Gasteiger partial charge >= 0.3 is 0 Å². The van der Waals surface area contributed by atoms with Crippen molar-refractivity contribution in [3.05, 3.63) is 49.3 Å². The molecule has 0 aromatic rings. The number of ether oxygens (including phenoxy) is 1. The fraction of sp³-hybridized carbons (Fsp3) is 0.677. The van der Waals surface area contributed by atoms with E-state index in [0.29, 0.717) is 53.6 Å². The molecule has 1 saturated carbocycles. The van der Waals surface area contributed by atoms with Gasteiger partial charge in [-0.2, -0.15) is 0 Å². The first-order valence-electron chi connectivity index (χ1n) is 13.6. The highest BCUT2D eigenvalue weighted by Gasteiger charge is 2.72. The first-order chi connectivity index (χ1) is 16.7. The van der Waals surface area contributed by atoms with Gasteiger partial charge in [-0.15, -0.1) is 19.7 Å². The molecule has 202 valence electrons. The van der Waals surface area contributed by atoms with E-state index >= 15 is 0 Å². The molecule has 2 rings (SSSR count). The van der Waals surface area contributed by atoms with Crippen LogP contribution >= 0.6 is 0 Å². The number of fused-ring (bicyclic) bond motifs is 2. The van der Waals surface area contributed by atoms with Crippen LogP contribution in [0.2, 0.25) is 16.6 Å². The number of hydrogen-bond donors (Lipinski definition) is 0. The molecular formula is C31H50O4Si. The number of carbonyl (C=O) groups excluding carboxylic acids is 2. The lowest BCUT2D eigenvalue weighted by molar-refractivity contribution is -0.175. The molecule has 0 spiro atoms. The molecule has 0 aromatic carbocycles. The van der Waals surface area contributed by atoms with E-state index in [-0.39, 0.29) is 24.1 Å². The van der Waals surface area contributed by atoms with Gasteiger partial charge in [0.05, 0.1) is 19.1 Å². The van der Waals surface area contributed by atoms with Crippen molar-refractivity contribution in [1.29, 1.82) is 0 Å². The summed E-state index contributed by atoms with van der Waals surface area (Å²) < 4.78 is 13.3. The van der Waals surface area contributed by atoms with Crippen LogP contribution in [0.15, 0.2) is 49.3 Å². The lowest BCUT2D eigenvalue weighted by atomic mass is 9.41. The third-order valence-electron chi connectivity index (χ3n) is 9.65. The predicted octanol–water partition coefficient (Wildman–Crippen LogP) is 7.98. The molecule has 5 heteroatoms. The van der Waals surface area contributed by atoms with Crippen LogP contribution in [0, 0.1) is 22.2 Å². The van der Waals surface area contributed by atoms with Gasteiger partial charge in [0.25, 0.3) is 0 Å². The molecule has 3 atom stereocenters. The van der Waals surface area contributed by atoms with Gasteiger partial charge in [-0.1, -0.05) is 73.6 Å². The Kier molecular flexibility index (Phi) is 9.27. The number of allylic oxidation sites excluding steroid dienone is 4. The summed E-state index contributed by atoms with van der Waals surface area (Å²) in [6.07, 6.45) is 7.24. The quantitative estimate of drug-likeness (QED) is 0.142. The molecule has 2 aliphatic carbocycles. The lowest BCUT2D eigenvalue weighted by Crippen LogP contribution is -2.68. The van der Waals surface area contributed by atoms with Crippen molar-refractivity contribution >= 4 is 19.9 Å². The van der Waals surface area contributed by atoms with E-state index < -0.39 is 24.6 Å². The Bertz CT molecular complexity index is 903. The van der Waals surface area contributed by atoms with Gasteiger partial charge in [0.2, 0.25) is 0 Å². The maximum Gasteiger partial charge on any atom is 0.200 e. The van der Waals surface area contributed by atoms with E-state index in [1.807, 2.05) is 6.08 Å². The fourth-order valence-electron chi connectivity index (χ4n) is 7.83. The summed E-state index contributed by atoms with van der Waals surface area (Å²) >= 11 is 0. The zero-order valence-corrected chi connectivity index (χ0v) is 25.3. The smallest absolute Gasteiger partial charge is 0.200 e. The van der Waals surface area contributed by atoms with Crippen molar-refractivity contribution in [3.8, 4) is 0 Å². The van der Waals surface area contributed by atoms with Crippen LogP contribution in [-0.2, 0) is 18.8 Å². The van der Waals surface area contributed by atoms with E-state index in [1.165, 1.54) is 0 Å². The van der Waals surface area contributed by atoms with Crippen LogP contribution < -0.4 is 0 Å². The second kappa shape index (κ2) is 10.9. The number of hydrogen-bond acceptors (Lipinski definition) is 4. The van der Waals surface area contributed by atoms with E-state index in [4.69, 9.17) is 9.16 Å². The van der Waals surface area contributed by atoms with Crippen LogP contribution in [0.25, 0.3) is 0 Å². The molecule has 2 aliphatic rings. The molecular weight excluding hydrogens is 464 g/mol. The van der Waals surface area contributed by atoms with Crippen molar-refractivity contribution in [2.24, 2.45) is 22.2 Å². The summed E-state index contributed by atoms with van der Waals surface area (Å²) in [6.45, 7) is 29.9. The van der Waals surface area contributed by atoms with Gasteiger partial charge in [0.15, 0.2) is 19.9 Å². The second-order valence-electron chi connectivity index (χ2n) is 12.4. The zero-order chi connectivity index (χ0) is 27.7. The molecule has 1 fully saturated rings. The highest BCUT2D eigenvalue weighted by atomic mass is 28.4. The first-order valence-corrected chi connectivity index (χ1v) is 15.7. The molecule has 0 aliphatic heterocycles. The summed E-state index contributed by atoms with van der Waals surface area (Å²) in [5.74, 6) is 0.345. The van der Waals surface area contributed by atoms with Crippen molar-refractivity contribution in [3.63, 3.8) is 0 Å². The average Bonchev–Trinajstić information content (AvgIpc) is 2.78. The maximum atomic E-state index is 14.9. The van der Waals surface area contributed by atoms with E-state index in [9.17, 15) is 9.59 Å². The van der Waals surface area contributed by atoms with Crippen LogP contribution in [0.4, 0.5) is 0 Å². The highest BCUT2D eigenvalue weighted by molar-refractivity contribution is 6.77.